The molecule has 2 aliphatic heterocycles. The van der Waals surface area contributed by atoms with Gasteiger partial charge in [-0.1, -0.05) is 0 Å². The van der Waals surface area contributed by atoms with E-state index in [0.29, 0.717) is 25.7 Å². The summed E-state index contributed by atoms with van der Waals surface area (Å²) in [6.07, 6.45) is 4.24. The largest absolute Gasteiger partial charge is 0.444 e. The Balaban J connectivity index is 1.84. The molecule has 0 saturated carbocycles. The molecular weight excluding hydrogens is 356 g/mol. The molecule has 1 amide bonds. The van der Waals surface area contributed by atoms with Gasteiger partial charge in [-0.15, -0.1) is 0 Å². The fraction of sp³-hybridized carbons (Fsp3) is 0.727. The number of nitrogens with zero attached hydrogens (tertiary/aromatic N) is 2. The minimum Gasteiger partial charge on any atom is -0.444 e. The van der Waals surface area contributed by atoms with E-state index in [1.807, 2.05) is 31.9 Å². The Labute approximate surface area is 168 Å². The Bertz CT molecular complexity index is 707. The quantitative estimate of drug-likeness (QED) is 0.776. The molecule has 3 rings (SSSR count). The highest BCUT2D eigenvalue weighted by Gasteiger charge is 2.42. The molecular formula is C22H34N2O4. The number of pyridine rings is 1. The summed E-state index contributed by atoms with van der Waals surface area (Å²) < 4.78 is 17.2. The summed E-state index contributed by atoms with van der Waals surface area (Å²) in [5.41, 5.74) is 2.57. The number of ether oxygens (including phenoxy) is 3. The normalized spacial score (nSPS) is 28.4. The summed E-state index contributed by atoms with van der Waals surface area (Å²) in [6.45, 7) is 11.9. The summed E-state index contributed by atoms with van der Waals surface area (Å²) in [4.78, 5) is 19.2. The highest BCUT2D eigenvalue weighted by molar-refractivity contribution is 5.68. The van der Waals surface area contributed by atoms with Crippen LogP contribution in [0.15, 0.2) is 12.3 Å². The van der Waals surface area contributed by atoms with Gasteiger partial charge < -0.3 is 19.1 Å². The first-order valence-corrected chi connectivity index (χ1v) is 10.3. The average molecular weight is 391 g/mol. The van der Waals surface area contributed by atoms with Crippen LogP contribution in [-0.2, 0) is 19.8 Å². The Morgan fingerprint density at radius 3 is 2.71 bits per heavy atom. The summed E-state index contributed by atoms with van der Waals surface area (Å²) in [7, 11) is 1.75. The molecule has 0 aromatic carbocycles. The van der Waals surface area contributed by atoms with Crippen molar-refractivity contribution in [1.82, 2.24) is 9.88 Å². The van der Waals surface area contributed by atoms with E-state index in [0.717, 1.165) is 25.0 Å². The summed E-state index contributed by atoms with van der Waals surface area (Å²) in [5, 5.41) is 0. The fourth-order valence-corrected chi connectivity index (χ4v) is 4.46. The first-order valence-electron chi connectivity index (χ1n) is 10.3. The number of likely N-dealkylation sites (tertiary alicyclic amines) is 1. The molecule has 0 aliphatic carbocycles. The lowest BCUT2D eigenvalue weighted by Crippen LogP contribution is -2.46. The van der Waals surface area contributed by atoms with Crippen LogP contribution >= 0.6 is 0 Å². The summed E-state index contributed by atoms with van der Waals surface area (Å²) >= 11 is 0. The van der Waals surface area contributed by atoms with E-state index < -0.39 is 11.2 Å². The van der Waals surface area contributed by atoms with Crippen LogP contribution in [0.1, 0.15) is 69.7 Å². The van der Waals surface area contributed by atoms with E-state index >= 15 is 0 Å². The van der Waals surface area contributed by atoms with Gasteiger partial charge in [0, 0.05) is 38.9 Å². The third kappa shape index (κ3) is 4.18. The Hall–Kier alpha value is -1.66. The van der Waals surface area contributed by atoms with Crippen LogP contribution in [0.4, 0.5) is 4.79 Å². The molecule has 0 N–H and O–H groups in total. The van der Waals surface area contributed by atoms with Crippen molar-refractivity contribution in [3.05, 3.63) is 29.1 Å². The number of rotatable bonds is 3. The highest BCUT2D eigenvalue weighted by Crippen LogP contribution is 2.42. The standard InChI is InChI=1S/C22H34N2O4/c1-15-7-10-23-19(22(26-6)9-12-27-14-22)18(15)17-8-11-24(16(2)13-17)20(25)28-21(3,4)5/h7,10,16-17H,8-9,11-14H2,1-6H3/t16-,17-,22?/m1/s1. The van der Waals surface area contributed by atoms with Crippen molar-refractivity contribution in [2.24, 2.45) is 0 Å². The Kier molecular flexibility index (Phi) is 6.01. The average Bonchev–Trinajstić information content (AvgIpc) is 3.10. The molecule has 3 atom stereocenters. The topological polar surface area (TPSA) is 60.9 Å². The number of hydrogen-bond donors (Lipinski definition) is 0. The van der Waals surface area contributed by atoms with Gasteiger partial charge in [0.25, 0.3) is 0 Å². The van der Waals surface area contributed by atoms with Crippen LogP contribution in [0.25, 0.3) is 0 Å². The highest BCUT2D eigenvalue weighted by atomic mass is 16.6. The molecule has 3 heterocycles. The van der Waals surface area contributed by atoms with E-state index in [9.17, 15) is 4.79 Å². The second kappa shape index (κ2) is 7.99. The number of hydrogen-bond acceptors (Lipinski definition) is 5. The van der Waals surface area contributed by atoms with Crippen LogP contribution in [0.5, 0.6) is 0 Å². The third-order valence-corrected chi connectivity index (χ3v) is 5.93. The van der Waals surface area contributed by atoms with Crippen molar-refractivity contribution in [1.29, 1.82) is 0 Å². The molecule has 156 valence electrons. The van der Waals surface area contributed by atoms with E-state index in [2.05, 4.69) is 19.9 Å². The van der Waals surface area contributed by atoms with Gasteiger partial charge >= 0.3 is 6.09 Å². The number of methoxy groups -OCH3 is 1. The number of aryl methyl sites for hydroxylation is 1. The second-order valence-electron chi connectivity index (χ2n) is 9.14. The molecule has 2 aliphatic rings. The summed E-state index contributed by atoms with van der Waals surface area (Å²) in [5.74, 6) is 0.338. The van der Waals surface area contributed by atoms with Gasteiger partial charge in [-0.05, 0) is 70.6 Å². The monoisotopic (exact) mass is 390 g/mol. The predicted molar refractivity (Wildman–Crippen MR) is 107 cm³/mol. The Morgan fingerprint density at radius 2 is 2.14 bits per heavy atom. The maximum absolute atomic E-state index is 12.6. The van der Waals surface area contributed by atoms with Crippen molar-refractivity contribution >= 4 is 6.09 Å². The zero-order chi connectivity index (χ0) is 20.5. The molecule has 1 unspecified atom stereocenters. The van der Waals surface area contributed by atoms with Crippen molar-refractivity contribution in [3.63, 3.8) is 0 Å². The minimum atomic E-state index is -0.478. The molecule has 2 fully saturated rings. The van der Waals surface area contributed by atoms with Crippen LogP contribution in [0.2, 0.25) is 0 Å². The summed E-state index contributed by atoms with van der Waals surface area (Å²) in [6, 6.07) is 2.18. The smallest absolute Gasteiger partial charge is 0.410 e. The van der Waals surface area contributed by atoms with Gasteiger partial charge in [-0.2, -0.15) is 0 Å². The second-order valence-corrected chi connectivity index (χ2v) is 9.14. The van der Waals surface area contributed by atoms with Crippen LogP contribution in [0.3, 0.4) is 0 Å². The maximum atomic E-state index is 12.6. The van der Waals surface area contributed by atoms with Crippen molar-refractivity contribution in [2.75, 3.05) is 26.9 Å². The lowest BCUT2D eigenvalue weighted by atomic mass is 9.79. The van der Waals surface area contributed by atoms with E-state index in [4.69, 9.17) is 19.2 Å². The third-order valence-electron chi connectivity index (χ3n) is 5.93. The van der Waals surface area contributed by atoms with Crippen molar-refractivity contribution < 1.29 is 19.0 Å². The fourth-order valence-electron chi connectivity index (χ4n) is 4.46. The number of amides is 1. The molecule has 6 heteroatoms. The molecule has 2 saturated heterocycles. The minimum absolute atomic E-state index is 0.111. The zero-order valence-corrected chi connectivity index (χ0v) is 18.1. The molecule has 28 heavy (non-hydrogen) atoms. The first kappa shape index (κ1) is 21.1. The lowest BCUT2D eigenvalue weighted by Gasteiger charge is -2.40. The van der Waals surface area contributed by atoms with Crippen LogP contribution < -0.4 is 0 Å². The molecule has 0 radical (unpaired) electrons. The van der Waals surface area contributed by atoms with Crippen molar-refractivity contribution in [3.8, 4) is 0 Å². The van der Waals surface area contributed by atoms with Gasteiger partial charge in [-0.25, -0.2) is 4.79 Å². The van der Waals surface area contributed by atoms with Crippen molar-refractivity contribution in [2.45, 2.75) is 77.0 Å². The van der Waals surface area contributed by atoms with Crippen LogP contribution in [0, 0.1) is 6.92 Å². The van der Waals surface area contributed by atoms with Gasteiger partial charge in [0.1, 0.15) is 11.2 Å². The molecule has 1 aromatic rings. The number of aromatic nitrogens is 1. The number of piperidine rings is 1. The molecule has 6 nitrogen and oxygen atoms in total. The van der Waals surface area contributed by atoms with Gasteiger partial charge in [0.05, 0.1) is 12.3 Å². The Morgan fingerprint density at radius 1 is 1.39 bits per heavy atom. The SMILES string of the molecule is COC1(c2nccc(C)c2[C@@H]2CCN(C(=O)OC(C)(C)C)[C@H](C)C2)CCOC1. The maximum Gasteiger partial charge on any atom is 0.410 e. The van der Waals surface area contributed by atoms with Gasteiger partial charge in [0.2, 0.25) is 0 Å². The van der Waals surface area contributed by atoms with E-state index in [1.165, 1.54) is 11.1 Å². The van der Waals surface area contributed by atoms with Gasteiger partial charge in [-0.3, -0.25) is 4.98 Å². The first-order chi connectivity index (χ1) is 13.2. The molecule has 1 aromatic heterocycles. The number of carbonyl (C=O) groups is 1. The lowest BCUT2D eigenvalue weighted by molar-refractivity contribution is -0.0261. The molecule has 0 spiro atoms. The predicted octanol–water partition coefficient (Wildman–Crippen LogP) is 4.16. The van der Waals surface area contributed by atoms with Gasteiger partial charge in [0.15, 0.2) is 0 Å². The van der Waals surface area contributed by atoms with Crippen LogP contribution in [-0.4, -0.2) is 54.5 Å². The number of carbonyl (C=O) groups excluding carboxylic acids is 1. The van der Waals surface area contributed by atoms with E-state index in [1.54, 1.807) is 7.11 Å². The zero-order valence-electron chi connectivity index (χ0n) is 18.1. The molecule has 0 bridgehead atoms. The van der Waals surface area contributed by atoms with E-state index in [-0.39, 0.29) is 12.1 Å².